The number of carbonyl (C=O) groups excluding carboxylic acids is 1. The number of nitro benzene ring substituents is 1. The summed E-state index contributed by atoms with van der Waals surface area (Å²) in [6.45, 7) is 1.39. The van der Waals surface area contributed by atoms with E-state index < -0.39 is 16.4 Å². The smallest absolute Gasteiger partial charge is 0.272 e. The third-order valence-corrected chi connectivity index (χ3v) is 5.44. The molecule has 0 aliphatic rings. The van der Waals surface area contributed by atoms with Crippen LogP contribution < -0.4 is 10.9 Å². The van der Waals surface area contributed by atoms with Crippen LogP contribution in [-0.2, 0) is 11.3 Å². The quantitative estimate of drug-likeness (QED) is 0.354. The topological polar surface area (TPSA) is 120 Å². The Balaban J connectivity index is 1.49. The normalized spacial score (nSPS) is 10.7. The zero-order valence-electron chi connectivity index (χ0n) is 16.9. The van der Waals surface area contributed by atoms with Gasteiger partial charge in [0.25, 0.3) is 11.2 Å². The highest BCUT2D eigenvalue weighted by Crippen LogP contribution is 2.29. The van der Waals surface area contributed by atoms with Crippen molar-refractivity contribution in [2.24, 2.45) is 0 Å². The van der Waals surface area contributed by atoms with Crippen molar-refractivity contribution in [3.05, 3.63) is 92.1 Å². The number of anilines is 1. The predicted molar refractivity (Wildman–Crippen MR) is 122 cm³/mol. The molecule has 2 aromatic carbocycles. The fraction of sp³-hybridized carbons (Fsp3) is 0.0909. The van der Waals surface area contributed by atoms with Crippen LogP contribution in [0, 0.1) is 17.0 Å². The van der Waals surface area contributed by atoms with Crippen LogP contribution in [0.1, 0.15) is 5.56 Å². The second kappa shape index (κ2) is 8.90. The van der Waals surface area contributed by atoms with E-state index in [0.717, 1.165) is 10.2 Å². The molecule has 10 heteroatoms. The van der Waals surface area contributed by atoms with E-state index >= 15 is 0 Å². The Morgan fingerprint density at radius 2 is 1.88 bits per heavy atom. The molecule has 2 aromatic heterocycles. The van der Waals surface area contributed by atoms with Gasteiger partial charge in [0.15, 0.2) is 5.13 Å². The number of hydrogen-bond acceptors (Lipinski definition) is 7. The van der Waals surface area contributed by atoms with Crippen LogP contribution in [0.5, 0.6) is 0 Å². The minimum absolute atomic E-state index is 0.00448. The summed E-state index contributed by atoms with van der Waals surface area (Å²) >= 11 is 1.19. The number of benzene rings is 2. The van der Waals surface area contributed by atoms with Crippen LogP contribution >= 0.6 is 11.3 Å². The Morgan fingerprint density at radius 1 is 1.09 bits per heavy atom. The first-order valence-corrected chi connectivity index (χ1v) is 10.4. The molecule has 4 aromatic rings. The van der Waals surface area contributed by atoms with Crippen molar-refractivity contribution in [3.63, 3.8) is 0 Å². The second-order valence-corrected chi connectivity index (χ2v) is 7.78. The van der Waals surface area contributed by atoms with E-state index in [1.54, 1.807) is 30.5 Å². The molecule has 9 nitrogen and oxygen atoms in total. The summed E-state index contributed by atoms with van der Waals surface area (Å²) in [6.07, 6.45) is 0. The van der Waals surface area contributed by atoms with E-state index in [1.165, 1.54) is 23.5 Å². The molecular formula is C22H17N5O4S. The van der Waals surface area contributed by atoms with Gasteiger partial charge in [-0.1, -0.05) is 42.5 Å². The lowest BCUT2D eigenvalue weighted by Crippen LogP contribution is -2.29. The number of nitro groups is 1. The van der Waals surface area contributed by atoms with E-state index in [0.29, 0.717) is 27.6 Å². The summed E-state index contributed by atoms with van der Waals surface area (Å²) in [6, 6.07) is 17.2. The summed E-state index contributed by atoms with van der Waals surface area (Å²) in [7, 11) is 0. The Hall–Kier alpha value is -4.18. The standard InChI is InChI=1S/C22H17N5O4S/c1-14-7-8-16(11-19(14)27(30)31)18-13-32-22(23-18)24-20(28)12-26-21(29)10-9-17(25-26)15-5-3-2-4-6-15/h2-11,13H,12H2,1H3,(H,23,24,28). The Morgan fingerprint density at radius 3 is 2.62 bits per heavy atom. The van der Waals surface area contributed by atoms with Gasteiger partial charge in [0, 0.05) is 34.2 Å². The highest BCUT2D eigenvalue weighted by Gasteiger charge is 2.15. The SMILES string of the molecule is Cc1ccc(-c2csc(NC(=O)Cn3nc(-c4ccccc4)ccc3=O)n2)cc1[N+](=O)[O-]. The Labute approximate surface area is 186 Å². The monoisotopic (exact) mass is 447 g/mol. The number of aromatic nitrogens is 3. The number of nitrogens with zero attached hydrogens (tertiary/aromatic N) is 4. The average Bonchev–Trinajstić information content (AvgIpc) is 3.24. The summed E-state index contributed by atoms with van der Waals surface area (Å²) in [4.78, 5) is 39.7. The fourth-order valence-electron chi connectivity index (χ4n) is 3.05. The summed E-state index contributed by atoms with van der Waals surface area (Å²) < 4.78 is 1.09. The van der Waals surface area contributed by atoms with Crippen molar-refractivity contribution in [1.29, 1.82) is 0 Å². The third kappa shape index (κ3) is 4.60. The lowest BCUT2D eigenvalue weighted by Gasteiger charge is -2.07. The van der Waals surface area contributed by atoms with Gasteiger partial charge in [0.1, 0.15) is 6.54 Å². The minimum atomic E-state index is -0.458. The van der Waals surface area contributed by atoms with Gasteiger partial charge in [0.05, 0.1) is 16.3 Å². The van der Waals surface area contributed by atoms with Crippen LogP contribution in [0.4, 0.5) is 10.8 Å². The van der Waals surface area contributed by atoms with Gasteiger partial charge in [-0.2, -0.15) is 5.10 Å². The number of rotatable bonds is 6. The molecule has 0 saturated carbocycles. The van der Waals surface area contributed by atoms with Gasteiger partial charge < -0.3 is 5.32 Å². The maximum Gasteiger partial charge on any atom is 0.272 e. The summed E-state index contributed by atoms with van der Waals surface area (Å²) in [5.74, 6) is -0.458. The zero-order valence-corrected chi connectivity index (χ0v) is 17.7. The van der Waals surface area contributed by atoms with Crippen molar-refractivity contribution in [3.8, 4) is 22.5 Å². The molecule has 1 N–H and O–H groups in total. The van der Waals surface area contributed by atoms with Gasteiger partial charge in [-0.3, -0.25) is 19.7 Å². The number of nitrogens with one attached hydrogen (secondary N) is 1. The Kier molecular flexibility index (Phi) is 5.86. The van der Waals surface area contributed by atoms with E-state index in [4.69, 9.17) is 0 Å². The molecule has 0 bridgehead atoms. The van der Waals surface area contributed by atoms with Gasteiger partial charge in [-0.25, -0.2) is 9.67 Å². The number of carbonyl (C=O) groups is 1. The lowest BCUT2D eigenvalue weighted by molar-refractivity contribution is -0.385. The molecule has 0 atom stereocenters. The van der Waals surface area contributed by atoms with Crippen molar-refractivity contribution in [2.45, 2.75) is 13.5 Å². The van der Waals surface area contributed by atoms with Gasteiger partial charge >= 0.3 is 0 Å². The molecule has 0 saturated heterocycles. The first-order chi connectivity index (χ1) is 15.4. The van der Waals surface area contributed by atoms with E-state index in [-0.39, 0.29) is 12.2 Å². The third-order valence-electron chi connectivity index (χ3n) is 4.68. The van der Waals surface area contributed by atoms with Crippen LogP contribution in [-0.4, -0.2) is 25.6 Å². The average molecular weight is 447 g/mol. The van der Waals surface area contributed by atoms with Crippen molar-refractivity contribution >= 4 is 28.1 Å². The summed E-state index contributed by atoms with van der Waals surface area (Å²) in [5.41, 5.74) is 2.66. The second-order valence-electron chi connectivity index (χ2n) is 6.92. The maximum absolute atomic E-state index is 12.5. The molecule has 1 amide bonds. The van der Waals surface area contributed by atoms with Crippen LogP contribution in [0.25, 0.3) is 22.5 Å². The molecule has 2 heterocycles. The first-order valence-electron chi connectivity index (χ1n) is 9.55. The summed E-state index contributed by atoms with van der Waals surface area (Å²) in [5, 5.41) is 20.1. The van der Waals surface area contributed by atoms with Crippen LogP contribution in [0.3, 0.4) is 0 Å². The largest absolute Gasteiger partial charge is 0.300 e. The van der Waals surface area contributed by atoms with Crippen molar-refractivity contribution < 1.29 is 9.72 Å². The molecular weight excluding hydrogens is 430 g/mol. The van der Waals surface area contributed by atoms with Crippen LogP contribution in [0.15, 0.2) is 70.8 Å². The lowest BCUT2D eigenvalue weighted by atomic mass is 10.1. The molecule has 0 aliphatic carbocycles. The first kappa shape index (κ1) is 21.1. The molecule has 0 fully saturated rings. The van der Waals surface area contributed by atoms with Crippen molar-refractivity contribution in [1.82, 2.24) is 14.8 Å². The van der Waals surface area contributed by atoms with E-state index in [9.17, 15) is 19.7 Å². The molecule has 0 aliphatic heterocycles. The molecule has 160 valence electrons. The highest BCUT2D eigenvalue weighted by molar-refractivity contribution is 7.14. The molecule has 0 unspecified atom stereocenters. The van der Waals surface area contributed by atoms with Gasteiger partial charge in [-0.15, -0.1) is 11.3 Å². The zero-order chi connectivity index (χ0) is 22.7. The van der Waals surface area contributed by atoms with E-state index in [2.05, 4.69) is 15.4 Å². The van der Waals surface area contributed by atoms with E-state index in [1.807, 2.05) is 30.3 Å². The maximum atomic E-state index is 12.5. The molecule has 4 rings (SSSR count). The Bertz CT molecular complexity index is 1360. The van der Waals surface area contributed by atoms with Gasteiger partial charge in [0.2, 0.25) is 5.91 Å². The van der Waals surface area contributed by atoms with Crippen LogP contribution in [0.2, 0.25) is 0 Å². The molecule has 32 heavy (non-hydrogen) atoms. The minimum Gasteiger partial charge on any atom is -0.300 e. The van der Waals surface area contributed by atoms with Gasteiger partial charge in [-0.05, 0) is 13.0 Å². The number of thiazole rings is 1. The number of hydrogen-bond donors (Lipinski definition) is 1. The number of aryl methyl sites for hydroxylation is 1. The predicted octanol–water partition coefficient (Wildman–Crippen LogP) is 3.89. The molecule has 0 spiro atoms. The highest BCUT2D eigenvalue weighted by atomic mass is 32.1. The molecule has 0 radical (unpaired) electrons. The van der Waals surface area contributed by atoms with Crippen molar-refractivity contribution in [2.75, 3.05) is 5.32 Å². The fourth-order valence-corrected chi connectivity index (χ4v) is 3.78. The number of amides is 1.